The molecule has 5 nitrogen and oxygen atoms in total. The fourth-order valence-electron chi connectivity index (χ4n) is 4.51. The molecule has 0 unspecified atom stereocenters. The molecule has 2 amide bonds. The Hall–Kier alpha value is -3.12. The largest absolute Gasteiger partial charge is 0.497 e. The number of hydrogen-bond acceptors (Lipinski definition) is 4. The molecule has 0 saturated heterocycles. The van der Waals surface area contributed by atoms with Crippen LogP contribution in [0.25, 0.3) is 0 Å². The van der Waals surface area contributed by atoms with E-state index in [9.17, 15) is 9.59 Å². The standard InChI is InChI=1S/C28H32N2O3S/c1-20-12-14-21(15-13-20)19-30(26(31)18-25-11-6-16-34-25)27(22-7-5-10-24(17-22)33-2)28(32)29-23-8-3-4-9-23/h5-7,10-17,23,27H,3-4,8-9,18-19H2,1-2H3,(H,29,32)/t27-/m0/s1. The quantitative estimate of drug-likeness (QED) is 0.448. The van der Waals surface area contributed by atoms with Crippen molar-refractivity contribution in [3.8, 4) is 5.75 Å². The van der Waals surface area contributed by atoms with Crippen molar-refractivity contribution in [1.82, 2.24) is 10.2 Å². The van der Waals surface area contributed by atoms with Crippen molar-refractivity contribution in [1.29, 1.82) is 0 Å². The second kappa shape index (κ2) is 11.3. The van der Waals surface area contributed by atoms with Gasteiger partial charge in [0.25, 0.3) is 0 Å². The minimum absolute atomic E-state index is 0.0718. The van der Waals surface area contributed by atoms with Gasteiger partial charge in [0.05, 0.1) is 13.5 Å². The van der Waals surface area contributed by atoms with Gasteiger partial charge in [-0.2, -0.15) is 0 Å². The van der Waals surface area contributed by atoms with Gasteiger partial charge in [0.15, 0.2) is 0 Å². The number of rotatable bonds is 9. The Bertz CT molecular complexity index is 1090. The van der Waals surface area contributed by atoms with Gasteiger partial charge in [-0.25, -0.2) is 0 Å². The maximum absolute atomic E-state index is 13.7. The Morgan fingerprint density at radius 3 is 2.53 bits per heavy atom. The molecule has 0 spiro atoms. The summed E-state index contributed by atoms with van der Waals surface area (Å²) in [5.74, 6) is 0.460. The minimum atomic E-state index is -0.746. The van der Waals surface area contributed by atoms with Gasteiger partial charge in [0.1, 0.15) is 11.8 Å². The normalized spacial score (nSPS) is 14.5. The van der Waals surface area contributed by atoms with Gasteiger partial charge in [-0.3, -0.25) is 9.59 Å². The Balaban J connectivity index is 1.71. The van der Waals surface area contributed by atoms with Gasteiger partial charge in [0.2, 0.25) is 11.8 Å². The summed E-state index contributed by atoms with van der Waals surface area (Å²) in [6.07, 6.45) is 4.48. The van der Waals surface area contributed by atoms with Crippen LogP contribution in [-0.2, 0) is 22.6 Å². The third kappa shape index (κ3) is 6.06. The second-order valence-corrected chi connectivity index (χ2v) is 9.96. The highest BCUT2D eigenvalue weighted by molar-refractivity contribution is 7.10. The number of nitrogens with one attached hydrogen (secondary N) is 1. The van der Waals surface area contributed by atoms with Gasteiger partial charge in [-0.05, 0) is 54.5 Å². The second-order valence-electron chi connectivity index (χ2n) is 8.93. The molecule has 2 aromatic carbocycles. The summed E-state index contributed by atoms with van der Waals surface area (Å²) in [6, 6.07) is 18.9. The number of amides is 2. The Morgan fingerprint density at radius 1 is 1.09 bits per heavy atom. The number of aryl methyl sites for hydroxylation is 1. The number of benzene rings is 2. The summed E-state index contributed by atoms with van der Waals surface area (Å²) in [5, 5.41) is 5.20. The molecular formula is C28H32N2O3S. The molecule has 34 heavy (non-hydrogen) atoms. The molecule has 6 heteroatoms. The van der Waals surface area contributed by atoms with Crippen molar-refractivity contribution in [2.45, 2.75) is 57.7 Å². The molecule has 1 N–H and O–H groups in total. The average Bonchev–Trinajstić information content (AvgIpc) is 3.54. The molecule has 1 atom stereocenters. The number of thiophene rings is 1. The van der Waals surface area contributed by atoms with E-state index in [2.05, 4.69) is 5.32 Å². The molecule has 1 aliphatic carbocycles. The highest BCUT2D eigenvalue weighted by Gasteiger charge is 2.33. The first-order valence-electron chi connectivity index (χ1n) is 11.8. The predicted octanol–water partition coefficient (Wildman–Crippen LogP) is 5.44. The molecule has 1 heterocycles. The van der Waals surface area contributed by atoms with Crippen LogP contribution in [0.15, 0.2) is 66.0 Å². The SMILES string of the molecule is COc1cccc([C@@H](C(=O)NC2CCCC2)N(Cc2ccc(C)cc2)C(=O)Cc2cccs2)c1. The van der Waals surface area contributed by atoms with Gasteiger partial charge < -0.3 is 15.0 Å². The van der Waals surface area contributed by atoms with Crippen molar-refractivity contribution < 1.29 is 14.3 Å². The van der Waals surface area contributed by atoms with E-state index in [0.717, 1.165) is 47.3 Å². The lowest BCUT2D eigenvalue weighted by molar-refractivity contribution is -0.141. The first-order valence-corrected chi connectivity index (χ1v) is 12.7. The van der Waals surface area contributed by atoms with E-state index in [4.69, 9.17) is 4.74 Å². The van der Waals surface area contributed by atoms with Crippen LogP contribution < -0.4 is 10.1 Å². The molecule has 1 saturated carbocycles. The summed E-state index contributed by atoms with van der Waals surface area (Å²) >= 11 is 1.56. The number of carbonyl (C=O) groups excluding carboxylic acids is 2. The van der Waals surface area contributed by atoms with Crippen LogP contribution in [0.5, 0.6) is 5.75 Å². The van der Waals surface area contributed by atoms with Gasteiger partial charge in [0, 0.05) is 17.5 Å². The lowest BCUT2D eigenvalue weighted by Gasteiger charge is -2.32. The summed E-state index contributed by atoms with van der Waals surface area (Å²) in [4.78, 5) is 30.2. The third-order valence-electron chi connectivity index (χ3n) is 6.37. The highest BCUT2D eigenvalue weighted by Crippen LogP contribution is 2.29. The number of methoxy groups -OCH3 is 1. The van der Waals surface area contributed by atoms with E-state index in [1.165, 1.54) is 0 Å². The van der Waals surface area contributed by atoms with Crippen molar-refractivity contribution >= 4 is 23.2 Å². The zero-order valence-electron chi connectivity index (χ0n) is 19.8. The highest BCUT2D eigenvalue weighted by atomic mass is 32.1. The molecule has 0 aliphatic heterocycles. The van der Waals surface area contributed by atoms with Gasteiger partial charge in [-0.15, -0.1) is 11.3 Å². The van der Waals surface area contributed by atoms with E-state index in [1.807, 2.05) is 73.0 Å². The van der Waals surface area contributed by atoms with Crippen LogP contribution in [0, 0.1) is 6.92 Å². The van der Waals surface area contributed by atoms with Crippen molar-refractivity contribution in [2.24, 2.45) is 0 Å². The maximum Gasteiger partial charge on any atom is 0.247 e. The molecule has 3 aromatic rings. The average molecular weight is 477 g/mol. The molecule has 1 aliphatic rings. The van der Waals surface area contributed by atoms with E-state index < -0.39 is 6.04 Å². The zero-order valence-corrected chi connectivity index (χ0v) is 20.6. The Morgan fingerprint density at radius 2 is 1.85 bits per heavy atom. The summed E-state index contributed by atoms with van der Waals surface area (Å²) in [5.41, 5.74) is 2.90. The number of carbonyl (C=O) groups is 2. The van der Waals surface area contributed by atoms with E-state index in [-0.39, 0.29) is 24.3 Å². The molecular weight excluding hydrogens is 444 g/mol. The Kier molecular flexibility index (Phi) is 8.01. The number of ether oxygens (including phenoxy) is 1. The number of nitrogens with zero attached hydrogens (tertiary/aromatic N) is 1. The van der Waals surface area contributed by atoms with E-state index >= 15 is 0 Å². The van der Waals surface area contributed by atoms with Gasteiger partial charge in [-0.1, -0.05) is 60.9 Å². The predicted molar refractivity (Wildman–Crippen MR) is 136 cm³/mol. The Labute approximate surface area is 205 Å². The van der Waals surface area contributed by atoms with Crippen molar-refractivity contribution in [2.75, 3.05) is 7.11 Å². The molecule has 1 aromatic heterocycles. The first kappa shape index (κ1) is 24.0. The molecule has 0 bridgehead atoms. The van der Waals surface area contributed by atoms with Crippen molar-refractivity contribution in [3.05, 3.63) is 87.6 Å². The van der Waals surface area contributed by atoms with Crippen LogP contribution in [0.2, 0.25) is 0 Å². The van der Waals surface area contributed by atoms with Crippen LogP contribution in [0.1, 0.15) is 53.3 Å². The monoisotopic (exact) mass is 476 g/mol. The fourth-order valence-corrected chi connectivity index (χ4v) is 5.21. The summed E-state index contributed by atoms with van der Waals surface area (Å²) in [7, 11) is 1.61. The van der Waals surface area contributed by atoms with Crippen molar-refractivity contribution in [3.63, 3.8) is 0 Å². The zero-order chi connectivity index (χ0) is 23.9. The first-order chi connectivity index (χ1) is 16.5. The smallest absolute Gasteiger partial charge is 0.247 e. The summed E-state index contributed by atoms with van der Waals surface area (Å²) in [6.45, 7) is 2.39. The maximum atomic E-state index is 13.7. The fraction of sp³-hybridized carbons (Fsp3) is 0.357. The lowest BCUT2D eigenvalue weighted by atomic mass is 10.0. The molecule has 0 radical (unpaired) electrons. The van der Waals surface area contributed by atoms with Crippen LogP contribution in [0.3, 0.4) is 0 Å². The van der Waals surface area contributed by atoms with Crippen LogP contribution in [0.4, 0.5) is 0 Å². The van der Waals surface area contributed by atoms with Crippen LogP contribution >= 0.6 is 11.3 Å². The van der Waals surface area contributed by atoms with Crippen LogP contribution in [-0.4, -0.2) is 29.9 Å². The molecule has 1 fully saturated rings. The summed E-state index contributed by atoms with van der Waals surface area (Å²) < 4.78 is 5.44. The minimum Gasteiger partial charge on any atom is -0.497 e. The van der Waals surface area contributed by atoms with Gasteiger partial charge >= 0.3 is 0 Å². The molecule has 4 rings (SSSR count). The van der Waals surface area contributed by atoms with E-state index in [0.29, 0.717) is 12.3 Å². The number of hydrogen-bond donors (Lipinski definition) is 1. The van der Waals surface area contributed by atoms with E-state index in [1.54, 1.807) is 23.3 Å². The topological polar surface area (TPSA) is 58.6 Å². The third-order valence-corrected chi connectivity index (χ3v) is 7.25. The lowest BCUT2D eigenvalue weighted by Crippen LogP contribution is -2.46. The molecule has 178 valence electrons.